The Balaban J connectivity index is 2.46. The van der Waals surface area contributed by atoms with Gasteiger partial charge < -0.3 is 14.8 Å². The van der Waals surface area contributed by atoms with Gasteiger partial charge in [0.1, 0.15) is 17.5 Å². The normalized spacial score (nSPS) is 12.2. The van der Waals surface area contributed by atoms with E-state index in [4.69, 9.17) is 21.1 Å². The zero-order valence-electron chi connectivity index (χ0n) is 16.1. The van der Waals surface area contributed by atoms with Gasteiger partial charge in [-0.1, -0.05) is 24.6 Å². The molecule has 0 spiro atoms. The number of nitrogens with one attached hydrogen (secondary N) is 1. The smallest absolute Gasteiger partial charge is 0.248 e. The first-order valence-corrected chi connectivity index (χ1v) is 10.7. The molecule has 0 aliphatic rings. The van der Waals surface area contributed by atoms with Crippen molar-refractivity contribution in [2.75, 3.05) is 30.1 Å². The summed E-state index contributed by atoms with van der Waals surface area (Å²) in [5, 5.41) is 3.07. The lowest BCUT2D eigenvalue weighted by atomic mass is 10.1. The molecule has 2 aromatic rings. The fourth-order valence-corrected chi connectivity index (χ4v) is 4.17. The molecule has 7 nitrogen and oxygen atoms in total. The van der Waals surface area contributed by atoms with Gasteiger partial charge >= 0.3 is 0 Å². The molecule has 0 heterocycles. The first-order chi connectivity index (χ1) is 13.2. The highest BCUT2D eigenvalue weighted by atomic mass is 35.5. The molecule has 2 rings (SSSR count). The molecule has 0 unspecified atom stereocenters. The monoisotopic (exact) mass is 426 g/mol. The van der Waals surface area contributed by atoms with Crippen molar-refractivity contribution >= 4 is 38.9 Å². The van der Waals surface area contributed by atoms with Crippen LogP contribution in [0.15, 0.2) is 42.5 Å². The van der Waals surface area contributed by atoms with Gasteiger partial charge in [-0.3, -0.25) is 9.10 Å². The molecular formula is C19H23ClN2O5S. The second-order valence-electron chi connectivity index (χ2n) is 6.02. The third-order valence-corrected chi connectivity index (χ3v) is 5.45. The summed E-state index contributed by atoms with van der Waals surface area (Å²) in [7, 11) is -0.878. The summed E-state index contributed by atoms with van der Waals surface area (Å²) in [6, 6.07) is 10.4. The molecule has 1 N–H and O–H groups in total. The average Bonchev–Trinajstić information content (AvgIpc) is 2.64. The molecule has 0 aliphatic carbocycles. The molecule has 9 heteroatoms. The van der Waals surface area contributed by atoms with Gasteiger partial charge in [0, 0.05) is 16.8 Å². The van der Waals surface area contributed by atoms with Crippen molar-refractivity contribution in [3.8, 4) is 11.5 Å². The Labute approximate surface area is 170 Å². The second-order valence-corrected chi connectivity index (χ2v) is 8.32. The quantitative estimate of drug-likeness (QED) is 0.697. The zero-order chi connectivity index (χ0) is 20.9. The van der Waals surface area contributed by atoms with E-state index in [1.54, 1.807) is 43.3 Å². The van der Waals surface area contributed by atoms with Crippen molar-refractivity contribution in [1.82, 2.24) is 0 Å². The van der Waals surface area contributed by atoms with Gasteiger partial charge in [-0.15, -0.1) is 0 Å². The number of benzene rings is 2. The van der Waals surface area contributed by atoms with Crippen LogP contribution < -0.4 is 19.1 Å². The van der Waals surface area contributed by atoms with E-state index < -0.39 is 22.0 Å². The van der Waals surface area contributed by atoms with Crippen LogP contribution in [0.4, 0.5) is 11.4 Å². The molecular weight excluding hydrogens is 404 g/mol. The highest BCUT2D eigenvalue weighted by molar-refractivity contribution is 7.92. The van der Waals surface area contributed by atoms with E-state index in [2.05, 4.69) is 5.32 Å². The minimum absolute atomic E-state index is 0.199. The first kappa shape index (κ1) is 21.8. The molecule has 28 heavy (non-hydrogen) atoms. The number of ether oxygens (including phenoxy) is 2. The van der Waals surface area contributed by atoms with Gasteiger partial charge in [0.25, 0.3) is 0 Å². The maximum absolute atomic E-state index is 13.0. The number of rotatable bonds is 8. The Morgan fingerprint density at radius 3 is 2.46 bits per heavy atom. The molecule has 0 bridgehead atoms. The summed E-state index contributed by atoms with van der Waals surface area (Å²) in [6.07, 6.45) is 1.27. The van der Waals surface area contributed by atoms with E-state index in [1.807, 2.05) is 0 Å². The number of anilines is 2. The number of hydrogen-bond donors (Lipinski definition) is 1. The predicted molar refractivity (Wildman–Crippen MR) is 111 cm³/mol. The Morgan fingerprint density at radius 2 is 1.89 bits per heavy atom. The fourth-order valence-electron chi connectivity index (χ4n) is 2.80. The first-order valence-electron chi connectivity index (χ1n) is 8.49. The SMILES string of the molecule is CC[C@H](C(=O)Nc1cccc(OC)c1)N(c1cc(Cl)ccc1OC)S(C)(=O)=O. The maximum atomic E-state index is 13.0. The molecule has 1 amide bonds. The van der Waals surface area contributed by atoms with Crippen molar-refractivity contribution < 1.29 is 22.7 Å². The lowest BCUT2D eigenvalue weighted by Gasteiger charge is -2.31. The number of amides is 1. The third kappa shape index (κ3) is 5.08. The van der Waals surface area contributed by atoms with E-state index in [-0.39, 0.29) is 12.1 Å². The minimum atomic E-state index is -3.82. The van der Waals surface area contributed by atoms with E-state index >= 15 is 0 Å². The standard InChI is InChI=1S/C19H23ClN2O5S/c1-5-16(19(23)21-14-7-6-8-15(12-14)26-2)22(28(4,24)25)17-11-13(20)9-10-18(17)27-3/h6-12,16H,5H2,1-4H3,(H,21,23)/t16-/m1/s1. The number of carbonyl (C=O) groups is 1. The fraction of sp³-hybridized carbons (Fsp3) is 0.316. The van der Waals surface area contributed by atoms with Crippen molar-refractivity contribution in [2.45, 2.75) is 19.4 Å². The summed E-state index contributed by atoms with van der Waals surface area (Å²) in [4.78, 5) is 13.0. The number of methoxy groups -OCH3 is 2. The third-order valence-electron chi connectivity index (χ3n) is 4.05. The van der Waals surface area contributed by atoms with E-state index in [9.17, 15) is 13.2 Å². The second kappa shape index (κ2) is 9.16. The summed E-state index contributed by atoms with van der Waals surface area (Å²) in [5.41, 5.74) is 0.694. The zero-order valence-corrected chi connectivity index (χ0v) is 17.7. The Kier molecular flexibility index (Phi) is 7.15. The van der Waals surface area contributed by atoms with Crippen LogP contribution in [0.1, 0.15) is 13.3 Å². The number of nitrogens with zero attached hydrogens (tertiary/aromatic N) is 1. The Hall–Kier alpha value is -2.45. The molecule has 0 aromatic heterocycles. The molecule has 152 valence electrons. The van der Waals surface area contributed by atoms with E-state index in [1.165, 1.54) is 20.3 Å². The molecule has 0 saturated carbocycles. The highest BCUT2D eigenvalue weighted by Crippen LogP contribution is 2.35. The molecule has 2 aromatic carbocycles. The molecule has 0 aliphatic heterocycles. The Bertz CT molecular complexity index is 949. The van der Waals surface area contributed by atoms with Crippen molar-refractivity contribution in [2.24, 2.45) is 0 Å². The van der Waals surface area contributed by atoms with Crippen molar-refractivity contribution in [1.29, 1.82) is 0 Å². The van der Waals surface area contributed by atoms with Crippen LogP contribution in [-0.2, 0) is 14.8 Å². The van der Waals surface area contributed by atoms with Crippen LogP contribution in [-0.4, -0.2) is 40.8 Å². The van der Waals surface area contributed by atoms with Crippen LogP contribution in [0, 0.1) is 0 Å². The van der Waals surface area contributed by atoms with Crippen molar-refractivity contribution in [3.63, 3.8) is 0 Å². The summed E-state index contributed by atoms with van der Waals surface area (Å²) in [5.74, 6) is 0.382. The molecule has 1 atom stereocenters. The molecule has 0 fully saturated rings. The van der Waals surface area contributed by atoms with Gasteiger partial charge in [0.05, 0.1) is 26.2 Å². The number of sulfonamides is 1. The molecule has 0 radical (unpaired) electrons. The van der Waals surface area contributed by atoms with Gasteiger partial charge in [-0.25, -0.2) is 8.42 Å². The van der Waals surface area contributed by atoms with Crippen LogP contribution in [0.25, 0.3) is 0 Å². The number of hydrogen-bond acceptors (Lipinski definition) is 5. The maximum Gasteiger partial charge on any atom is 0.248 e. The highest BCUT2D eigenvalue weighted by Gasteiger charge is 2.33. The minimum Gasteiger partial charge on any atom is -0.497 e. The number of halogens is 1. The van der Waals surface area contributed by atoms with Crippen LogP contribution in [0.5, 0.6) is 11.5 Å². The van der Waals surface area contributed by atoms with Crippen LogP contribution in [0.3, 0.4) is 0 Å². The van der Waals surface area contributed by atoms with Crippen LogP contribution in [0.2, 0.25) is 5.02 Å². The van der Waals surface area contributed by atoms with Gasteiger partial charge in [-0.05, 0) is 36.8 Å². The van der Waals surface area contributed by atoms with Gasteiger partial charge in [0.15, 0.2) is 0 Å². The summed E-state index contributed by atoms with van der Waals surface area (Å²) >= 11 is 6.07. The lowest BCUT2D eigenvalue weighted by Crippen LogP contribution is -2.47. The lowest BCUT2D eigenvalue weighted by molar-refractivity contribution is -0.117. The largest absolute Gasteiger partial charge is 0.497 e. The topological polar surface area (TPSA) is 84.9 Å². The number of carbonyl (C=O) groups excluding carboxylic acids is 1. The summed E-state index contributed by atoms with van der Waals surface area (Å²) in [6.45, 7) is 1.73. The summed E-state index contributed by atoms with van der Waals surface area (Å²) < 4.78 is 36.7. The van der Waals surface area contributed by atoms with Gasteiger partial charge in [-0.2, -0.15) is 0 Å². The van der Waals surface area contributed by atoms with E-state index in [0.717, 1.165) is 10.6 Å². The Morgan fingerprint density at radius 1 is 1.18 bits per heavy atom. The van der Waals surface area contributed by atoms with Gasteiger partial charge in [0.2, 0.25) is 15.9 Å². The van der Waals surface area contributed by atoms with E-state index in [0.29, 0.717) is 22.2 Å². The average molecular weight is 427 g/mol. The predicted octanol–water partition coefficient (Wildman–Crippen LogP) is 3.54. The van der Waals surface area contributed by atoms with Crippen molar-refractivity contribution in [3.05, 3.63) is 47.5 Å². The van der Waals surface area contributed by atoms with Crippen LogP contribution >= 0.6 is 11.6 Å². The molecule has 0 saturated heterocycles.